The van der Waals surface area contributed by atoms with E-state index in [0.717, 1.165) is 0 Å². The lowest BCUT2D eigenvalue weighted by atomic mass is 10.2. The number of aryl methyl sites for hydroxylation is 3. The Kier molecular flexibility index (Phi) is 9.68. The molecule has 0 bridgehead atoms. The quantitative estimate of drug-likeness (QED) is 0.336. The first kappa shape index (κ1) is 21.5. The van der Waals surface area contributed by atoms with Crippen molar-refractivity contribution in [3.8, 4) is 0 Å². The van der Waals surface area contributed by atoms with Crippen LogP contribution in [0.25, 0.3) is 0 Å². The van der Waals surface area contributed by atoms with Crippen LogP contribution in [0.1, 0.15) is 16.7 Å². The van der Waals surface area contributed by atoms with Crippen molar-refractivity contribution in [2.24, 2.45) is 0 Å². The average molecular weight is 385 g/mol. The van der Waals surface area contributed by atoms with Crippen LogP contribution in [0.15, 0.2) is 125 Å². The van der Waals surface area contributed by atoms with Gasteiger partial charge in [-0.3, -0.25) is 0 Å². The molecule has 0 aliphatic rings. The summed E-state index contributed by atoms with van der Waals surface area (Å²) in [6.07, 6.45) is 0. The van der Waals surface area contributed by atoms with Crippen molar-refractivity contribution in [3.63, 3.8) is 0 Å². The van der Waals surface area contributed by atoms with E-state index in [-0.39, 0.29) is 0 Å². The van der Waals surface area contributed by atoms with E-state index in [2.05, 4.69) is 93.6 Å². The van der Waals surface area contributed by atoms with Crippen LogP contribution in [0.3, 0.4) is 0 Å². The van der Waals surface area contributed by atoms with E-state index in [4.69, 9.17) is 0 Å². The first-order valence-corrected chi connectivity index (χ1v) is 10.3. The fraction of sp³-hybridized carbons (Fsp3) is 0.111. The molecule has 0 aliphatic heterocycles. The van der Waals surface area contributed by atoms with Crippen LogP contribution < -0.4 is 0 Å². The van der Waals surface area contributed by atoms with Crippen LogP contribution in [0, 0.1) is 20.8 Å². The molecule has 0 fully saturated rings. The van der Waals surface area contributed by atoms with Crippen LogP contribution in [0.4, 0.5) is 0 Å². The van der Waals surface area contributed by atoms with Gasteiger partial charge in [-0.2, -0.15) is 0 Å². The molecule has 0 aliphatic carbocycles. The monoisotopic (exact) mass is 384 g/mol. The molecule has 0 spiro atoms. The summed E-state index contributed by atoms with van der Waals surface area (Å²) in [5.41, 5.74) is 3.95. The minimum absolute atomic E-state index is 1.29. The van der Waals surface area contributed by atoms with Crippen molar-refractivity contribution in [1.82, 2.24) is 0 Å². The summed E-state index contributed by atoms with van der Waals surface area (Å²) in [4.78, 5) is 2.58. The van der Waals surface area contributed by atoms with Gasteiger partial charge in [-0.25, -0.2) is 0 Å². The lowest BCUT2D eigenvalue weighted by Crippen LogP contribution is -1.74. The summed E-state index contributed by atoms with van der Waals surface area (Å²) >= 11 is 1.80. The molecule has 0 nitrogen and oxygen atoms in total. The van der Waals surface area contributed by atoms with Crippen molar-refractivity contribution in [2.75, 3.05) is 0 Å². The second-order valence-corrected chi connectivity index (χ2v) is 7.68. The molecule has 0 atom stereocenters. The predicted octanol–water partition coefficient (Wildman–Crippen LogP) is 8.14. The van der Waals surface area contributed by atoms with Crippen LogP contribution in [-0.4, -0.2) is 0 Å². The van der Waals surface area contributed by atoms with Gasteiger partial charge in [-0.1, -0.05) is 119 Å². The molecule has 0 unspecified atom stereocenters. The zero-order valence-corrected chi connectivity index (χ0v) is 17.7. The highest BCUT2D eigenvalue weighted by Gasteiger charge is 1.94. The summed E-state index contributed by atoms with van der Waals surface area (Å²) in [6, 6.07) is 39.6. The van der Waals surface area contributed by atoms with E-state index in [1.54, 1.807) is 11.8 Å². The Balaban J connectivity index is 0.000000168. The number of benzene rings is 4. The second kappa shape index (κ2) is 12.6. The van der Waals surface area contributed by atoms with Crippen molar-refractivity contribution >= 4 is 11.8 Å². The molecule has 0 heterocycles. The van der Waals surface area contributed by atoms with E-state index in [0.29, 0.717) is 0 Å². The smallest absolute Gasteiger partial charge is 0.0122 e. The molecule has 28 heavy (non-hydrogen) atoms. The third-order valence-electron chi connectivity index (χ3n) is 3.88. The third-order valence-corrected chi connectivity index (χ3v) is 4.90. The van der Waals surface area contributed by atoms with Crippen LogP contribution >= 0.6 is 11.8 Å². The van der Waals surface area contributed by atoms with Crippen LogP contribution in [0.2, 0.25) is 0 Å². The Hall–Kier alpha value is -2.77. The molecule has 4 aromatic rings. The maximum Gasteiger partial charge on any atom is 0.0122 e. The fourth-order valence-corrected chi connectivity index (χ4v) is 3.14. The Bertz CT molecular complexity index is 846. The van der Waals surface area contributed by atoms with Crippen molar-refractivity contribution in [3.05, 3.63) is 132 Å². The summed E-state index contributed by atoms with van der Waals surface area (Å²) in [5, 5.41) is 0. The number of hydrogen-bond acceptors (Lipinski definition) is 1. The van der Waals surface area contributed by atoms with Gasteiger partial charge in [0, 0.05) is 9.79 Å². The molecular formula is C27H28S. The summed E-state index contributed by atoms with van der Waals surface area (Å²) in [5.74, 6) is 0. The topological polar surface area (TPSA) is 0 Å². The van der Waals surface area contributed by atoms with Crippen molar-refractivity contribution < 1.29 is 0 Å². The largest absolute Gasteiger partial charge is 0.0901 e. The Labute approximate surface area is 174 Å². The van der Waals surface area contributed by atoms with Crippen LogP contribution in [0.5, 0.6) is 0 Å². The maximum atomic E-state index is 2.16. The number of rotatable bonds is 2. The predicted molar refractivity (Wildman–Crippen MR) is 124 cm³/mol. The fourth-order valence-electron chi connectivity index (χ4n) is 2.30. The maximum absolute atomic E-state index is 2.16. The average Bonchev–Trinajstić information content (AvgIpc) is 2.73. The summed E-state index contributed by atoms with van der Waals surface area (Å²) in [6.45, 7) is 6.27. The molecule has 0 amide bonds. The van der Waals surface area contributed by atoms with E-state index in [9.17, 15) is 0 Å². The second-order valence-electron chi connectivity index (χ2n) is 6.54. The molecule has 0 aromatic heterocycles. The van der Waals surface area contributed by atoms with Gasteiger partial charge in [-0.15, -0.1) is 0 Å². The van der Waals surface area contributed by atoms with E-state index in [1.165, 1.54) is 26.5 Å². The van der Waals surface area contributed by atoms with E-state index >= 15 is 0 Å². The molecule has 4 rings (SSSR count). The standard InChI is InChI=1S/C13H12S.2C7H8/c1-11-7-9-13(10-8-11)14-12-5-3-2-4-6-12;2*1-7-5-3-2-4-6-7/h2-10H,1H3;2*2-6H,1H3. The Morgan fingerprint density at radius 2 is 0.679 bits per heavy atom. The van der Waals surface area contributed by atoms with Gasteiger partial charge in [0.05, 0.1) is 0 Å². The molecule has 142 valence electrons. The minimum Gasteiger partial charge on any atom is -0.0901 e. The molecule has 1 heteroatoms. The molecule has 4 aromatic carbocycles. The zero-order valence-electron chi connectivity index (χ0n) is 16.9. The first-order chi connectivity index (χ1) is 13.6. The van der Waals surface area contributed by atoms with Gasteiger partial charge < -0.3 is 0 Å². The minimum atomic E-state index is 1.29. The highest BCUT2D eigenvalue weighted by molar-refractivity contribution is 7.99. The molecule has 0 radical (unpaired) electrons. The Morgan fingerprint density at radius 1 is 0.357 bits per heavy atom. The lowest BCUT2D eigenvalue weighted by Gasteiger charge is -2.01. The summed E-state index contributed by atoms with van der Waals surface area (Å²) in [7, 11) is 0. The van der Waals surface area contributed by atoms with Gasteiger partial charge in [0.1, 0.15) is 0 Å². The summed E-state index contributed by atoms with van der Waals surface area (Å²) < 4.78 is 0. The molecule has 0 saturated carbocycles. The number of hydrogen-bond donors (Lipinski definition) is 0. The zero-order chi connectivity index (χ0) is 20.0. The Morgan fingerprint density at radius 3 is 1.04 bits per heavy atom. The van der Waals surface area contributed by atoms with Gasteiger partial charge in [-0.05, 0) is 45.0 Å². The van der Waals surface area contributed by atoms with Crippen LogP contribution in [-0.2, 0) is 0 Å². The SMILES string of the molecule is Cc1ccc(Sc2ccccc2)cc1.Cc1ccccc1.Cc1ccccc1. The van der Waals surface area contributed by atoms with Crippen molar-refractivity contribution in [1.29, 1.82) is 0 Å². The van der Waals surface area contributed by atoms with E-state index < -0.39 is 0 Å². The first-order valence-electron chi connectivity index (χ1n) is 9.46. The molecule has 0 saturated heterocycles. The van der Waals surface area contributed by atoms with E-state index in [1.807, 2.05) is 42.5 Å². The van der Waals surface area contributed by atoms with Gasteiger partial charge in [0.2, 0.25) is 0 Å². The van der Waals surface area contributed by atoms with Crippen molar-refractivity contribution in [2.45, 2.75) is 30.6 Å². The van der Waals surface area contributed by atoms with Gasteiger partial charge in [0.25, 0.3) is 0 Å². The van der Waals surface area contributed by atoms with Gasteiger partial charge >= 0.3 is 0 Å². The van der Waals surface area contributed by atoms with Gasteiger partial charge in [0.15, 0.2) is 0 Å². The highest BCUT2D eigenvalue weighted by Crippen LogP contribution is 2.27. The molecular weight excluding hydrogens is 356 g/mol. The normalized spacial score (nSPS) is 9.39. The highest BCUT2D eigenvalue weighted by atomic mass is 32.2. The molecule has 0 N–H and O–H groups in total. The lowest BCUT2D eigenvalue weighted by molar-refractivity contribution is 1.36. The third kappa shape index (κ3) is 9.25.